The van der Waals surface area contributed by atoms with Crippen molar-refractivity contribution < 1.29 is 10.2 Å². The SMILES string of the molecule is Nc1cncc(NCC(O)CO)c1. The van der Waals surface area contributed by atoms with Crippen molar-refractivity contribution in [3.63, 3.8) is 0 Å². The first-order chi connectivity index (χ1) is 6.22. The summed E-state index contributed by atoms with van der Waals surface area (Å²) in [5.41, 5.74) is 6.77. The van der Waals surface area contributed by atoms with Gasteiger partial charge in [0.2, 0.25) is 0 Å². The highest BCUT2D eigenvalue weighted by atomic mass is 16.3. The molecule has 1 rings (SSSR count). The van der Waals surface area contributed by atoms with Crippen LogP contribution in [-0.4, -0.2) is 34.5 Å². The van der Waals surface area contributed by atoms with E-state index < -0.39 is 6.10 Å². The minimum atomic E-state index is -0.763. The Morgan fingerprint density at radius 3 is 2.92 bits per heavy atom. The molecular weight excluding hydrogens is 170 g/mol. The number of aromatic nitrogens is 1. The van der Waals surface area contributed by atoms with E-state index in [1.54, 1.807) is 12.3 Å². The van der Waals surface area contributed by atoms with Crippen molar-refractivity contribution >= 4 is 11.4 Å². The molecule has 13 heavy (non-hydrogen) atoms. The standard InChI is InChI=1S/C8H13N3O2/c9-6-1-7(3-10-2-6)11-4-8(13)5-12/h1-3,8,11-13H,4-5,9H2. The van der Waals surface area contributed by atoms with Crippen LogP contribution < -0.4 is 11.1 Å². The Morgan fingerprint density at radius 2 is 2.31 bits per heavy atom. The van der Waals surface area contributed by atoms with Crippen molar-refractivity contribution in [1.29, 1.82) is 0 Å². The van der Waals surface area contributed by atoms with E-state index in [1.165, 1.54) is 6.20 Å². The second-order valence-electron chi connectivity index (χ2n) is 2.72. The van der Waals surface area contributed by atoms with Gasteiger partial charge in [0.05, 0.1) is 30.3 Å². The van der Waals surface area contributed by atoms with Crippen LogP contribution in [0.5, 0.6) is 0 Å². The van der Waals surface area contributed by atoms with Crippen molar-refractivity contribution in [2.75, 3.05) is 24.2 Å². The lowest BCUT2D eigenvalue weighted by Crippen LogP contribution is -2.22. The number of hydrogen-bond donors (Lipinski definition) is 4. The number of aliphatic hydroxyl groups is 2. The van der Waals surface area contributed by atoms with E-state index >= 15 is 0 Å². The number of rotatable bonds is 4. The molecule has 0 fully saturated rings. The molecule has 1 heterocycles. The normalized spacial score (nSPS) is 12.5. The molecule has 0 aliphatic rings. The molecule has 0 aliphatic carbocycles. The summed E-state index contributed by atoms with van der Waals surface area (Å²) < 4.78 is 0. The van der Waals surface area contributed by atoms with Gasteiger partial charge >= 0.3 is 0 Å². The van der Waals surface area contributed by atoms with Gasteiger partial charge in [-0.2, -0.15) is 0 Å². The zero-order valence-electron chi connectivity index (χ0n) is 7.14. The Balaban J connectivity index is 2.45. The number of hydrogen-bond acceptors (Lipinski definition) is 5. The highest BCUT2D eigenvalue weighted by molar-refractivity contribution is 5.51. The van der Waals surface area contributed by atoms with E-state index in [9.17, 15) is 0 Å². The molecule has 0 saturated carbocycles. The second kappa shape index (κ2) is 4.64. The van der Waals surface area contributed by atoms with Gasteiger partial charge in [-0.15, -0.1) is 0 Å². The van der Waals surface area contributed by atoms with Crippen LogP contribution in [0, 0.1) is 0 Å². The lowest BCUT2D eigenvalue weighted by molar-refractivity contribution is 0.105. The van der Waals surface area contributed by atoms with E-state index in [0.29, 0.717) is 5.69 Å². The molecule has 72 valence electrons. The van der Waals surface area contributed by atoms with Crippen molar-refractivity contribution in [2.24, 2.45) is 0 Å². The summed E-state index contributed by atoms with van der Waals surface area (Å²) in [5.74, 6) is 0. The average molecular weight is 183 g/mol. The molecule has 1 unspecified atom stereocenters. The fourth-order valence-electron chi connectivity index (χ4n) is 0.855. The summed E-state index contributed by atoms with van der Waals surface area (Å²) in [6.07, 6.45) is 2.37. The third kappa shape index (κ3) is 3.27. The number of anilines is 2. The fourth-order valence-corrected chi connectivity index (χ4v) is 0.855. The maximum absolute atomic E-state index is 9.02. The van der Waals surface area contributed by atoms with Crippen LogP contribution in [-0.2, 0) is 0 Å². The minimum absolute atomic E-state index is 0.261. The lowest BCUT2D eigenvalue weighted by atomic mass is 10.3. The van der Waals surface area contributed by atoms with Gasteiger partial charge in [0.25, 0.3) is 0 Å². The molecule has 1 aromatic heterocycles. The molecule has 0 aliphatic heterocycles. The van der Waals surface area contributed by atoms with Crippen LogP contribution in [0.2, 0.25) is 0 Å². The molecule has 5 nitrogen and oxygen atoms in total. The van der Waals surface area contributed by atoms with Gasteiger partial charge in [0, 0.05) is 12.7 Å². The summed E-state index contributed by atoms with van der Waals surface area (Å²) in [7, 11) is 0. The molecule has 0 spiro atoms. The second-order valence-corrected chi connectivity index (χ2v) is 2.72. The quantitative estimate of drug-likeness (QED) is 0.501. The van der Waals surface area contributed by atoms with Crippen LogP contribution in [0.4, 0.5) is 11.4 Å². The Kier molecular flexibility index (Phi) is 3.48. The Bertz CT molecular complexity index is 267. The topological polar surface area (TPSA) is 91.4 Å². The van der Waals surface area contributed by atoms with Crippen LogP contribution >= 0.6 is 0 Å². The number of nitrogens with one attached hydrogen (secondary N) is 1. The van der Waals surface area contributed by atoms with E-state index in [2.05, 4.69) is 10.3 Å². The maximum Gasteiger partial charge on any atom is 0.0942 e. The van der Waals surface area contributed by atoms with Gasteiger partial charge < -0.3 is 21.3 Å². The number of pyridine rings is 1. The van der Waals surface area contributed by atoms with Crippen LogP contribution in [0.1, 0.15) is 0 Å². The maximum atomic E-state index is 9.02. The summed E-state index contributed by atoms with van der Waals surface area (Å²) in [6, 6.07) is 1.71. The summed E-state index contributed by atoms with van der Waals surface area (Å²) >= 11 is 0. The predicted molar refractivity (Wildman–Crippen MR) is 50.2 cm³/mol. The predicted octanol–water partition coefficient (Wildman–Crippen LogP) is -0.571. The largest absolute Gasteiger partial charge is 0.397 e. The molecule has 0 aromatic carbocycles. The van der Waals surface area contributed by atoms with Gasteiger partial charge in [-0.1, -0.05) is 0 Å². The third-order valence-corrected chi connectivity index (χ3v) is 1.51. The van der Waals surface area contributed by atoms with Crippen LogP contribution in [0.3, 0.4) is 0 Å². The minimum Gasteiger partial charge on any atom is -0.397 e. The monoisotopic (exact) mass is 183 g/mol. The first kappa shape index (κ1) is 9.76. The molecule has 5 N–H and O–H groups in total. The Morgan fingerprint density at radius 1 is 1.54 bits per heavy atom. The smallest absolute Gasteiger partial charge is 0.0942 e. The average Bonchev–Trinajstić information content (AvgIpc) is 2.14. The number of nitrogen functional groups attached to an aromatic ring is 1. The van der Waals surface area contributed by atoms with Gasteiger partial charge in [-0.3, -0.25) is 4.98 Å². The molecule has 1 aromatic rings. The zero-order valence-corrected chi connectivity index (χ0v) is 7.14. The van der Waals surface area contributed by atoms with Crippen molar-refractivity contribution in [1.82, 2.24) is 4.98 Å². The Labute approximate surface area is 76.2 Å². The molecular formula is C8H13N3O2. The summed E-state index contributed by atoms with van der Waals surface area (Å²) in [4.78, 5) is 3.86. The molecule has 5 heteroatoms. The van der Waals surface area contributed by atoms with Crippen molar-refractivity contribution in [2.45, 2.75) is 6.10 Å². The van der Waals surface area contributed by atoms with Gasteiger partial charge in [0.15, 0.2) is 0 Å². The third-order valence-electron chi connectivity index (χ3n) is 1.51. The fraction of sp³-hybridized carbons (Fsp3) is 0.375. The van der Waals surface area contributed by atoms with Gasteiger partial charge in [0.1, 0.15) is 0 Å². The van der Waals surface area contributed by atoms with E-state index in [-0.39, 0.29) is 13.2 Å². The van der Waals surface area contributed by atoms with Crippen LogP contribution in [0.15, 0.2) is 18.5 Å². The zero-order chi connectivity index (χ0) is 9.68. The van der Waals surface area contributed by atoms with Crippen LogP contribution in [0.25, 0.3) is 0 Å². The van der Waals surface area contributed by atoms with Gasteiger partial charge in [-0.25, -0.2) is 0 Å². The number of nitrogens with two attached hydrogens (primary N) is 1. The highest BCUT2D eigenvalue weighted by Gasteiger charge is 2.00. The first-order valence-corrected chi connectivity index (χ1v) is 3.95. The van der Waals surface area contributed by atoms with E-state index in [1.807, 2.05) is 0 Å². The Hall–Kier alpha value is -1.33. The van der Waals surface area contributed by atoms with Crippen molar-refractivity contribution in [3.8, 4) is 0 Å². The van der Waals surface area contributed by atoms with Crippen molar-refractivity contribution in [3.05, 3.63) is 18.5 Å². The molecule has 0 saturated heterocycles. The first-order valence-electron chi connectivity index (χ1n) is 3.95. The molecule has 0 amide bonds. The van der Waals surface area contributed by atoms with E-state index in [0.717, 1.165) is 5.69 Å². The summed E-state index contributed by atoms with van der Waals surface area (Å²) in [6.45, 7) is 0.0182. The lowest BCUT2D eigenvalue weighted by Gasteiger charge is -2.09. The number of aliphatic hydroxyl groups excluding tert-OH is 2. The molecule has 0 bridgehead atoms. The molecule has 0 radical (unpaired) electrons. The molecule has 1 atom stereocenters. The summed E-state index contributed by atoms with van der Waals surface area (Å²) in [5, 5.41) is 20.4. The van der Waals surface area contributed by atoms with E-state index in [4.69, 9.17) is 15.9 Å². The number of nitrogens with zero attached hydrogens (tertiary/aromatic N) is 1. The van der Waals surface area contributed by atoms with Gasteiger partial charge in [-0.05, 0) is 6.07 Å². The highest BCUT2D eigenvalue weighted by Crippen LogP contribution is 2.08.